The highest BCUT2D eigenvalue weighted by molar-refractivity contribution is 5.87. The zero-order valence-corrected chi connectivity index (χ0v) is 14.9. The van der Waals surface area contributed by atoms with Crippen LogP contribution in [0.1, 0.15) is 48.8 Å². The third-order valence-corrected chi connectivity index (χ3v) is 4.26. The summed E-state index contributed by atoms with van der Waals surface area (Å²) in [7, 11) is 0. The van der Waals surface area contributed by atoms with E-state index in [9.17, 15) is 9.59 Å². The van der Waals surface area contributed by atoms with Crippen molar-refractivity contribution in [1.29, 1.82) is 0 Å². The molecular formula is C21H26N2O3. The lowest BCUT2D eigenvalue weighted by Crippen LogP contribution is -2.19. The summed E-state index contributed by atoms with van der Waals surface area (Å²) < 4.78 is 0. The molecule has 26 heavy (non-hydrogen) atoms. The molecule has 138 valence electrons. The van der Waals surface area contributed by atoms with Gasteiger partial charge in [0.05, 0.1) is 0 Å². The maximum atomic E-state index is 10.8. The Bertz CT molecular complexity index is 709. The third kappa shape index (κ3) is 7.38. The predicted molar refractivity (Wildman–Crippen MR) is 103 cm³/mol. The number of nitrogens with two attached hydrogens (primary N) is 1. The van der Waals surface area contributed by atoms with Gasteiger partial charge in [-0.05, 0) is 54.5 Å². The number of unbranched alkanes of at least 4 members (excludes halogenated alkanes) is 3. The highest BCUT2D eigenvalue weighted by atomic mass is 16.4. The SMILES string of the molecule is NC(=O)Nc1ccc(Cc2ccc(CCCCCCC(=O)O)cc2)cc1. The molecule has 2 aromatic rings. The van der Waals surface area contributed by atoms with E-state index in [1.807, 2.05) is 24.3 Å². The molecule has 0 aliphatic rings. The molecule has 0 bridgehead atoms. The summed E-state index contributed by atoms with van der Waals surface area (Å²) >= 11 is 0. The second-order valence-electron chi connectivity index (χ2n) is 6.49. The molecule has 2 aromatic carbocycles. The third-order valence-electron chi connectivity index (χ3n) is 4.26. The molecule has 4 N–H and O–H groups in total. The number of benzene rings is 2. The zero-order chi connectivity index (χ0) is 18.8. The smallest absolute Gasteiger partial charge is 0.316 e. The number of aryl methyl sites for hydroxylation is 1. The average molecular weight is 354 g/mol. The van der Waals surface area contributed by atoms with Crippen molar-refractivity contribution in [2.24, 2.45) is 5.73 Å². The number of urea groups is 1. The molecule has 0 atom stereocenters. The van der Waals surface area contributed by atoms with E-state index >= 15 is 0 Å². The molecule has 0 aromatic heterocycles. The van der Waals surface area contributed by atoms with Gasteiger partial charge in [-0.1, -0.05) is 49.2 Å². The molecule has 0 spiro atoms. The van der Waals surface area contributed by atoms with Crippen LogP contribution in [0, 0.1) is 0 Å². The minimum absolute atomic E-state index is 0.272. The number of aliphatic carboxylic acids is 1. The molecule has 0 aliphatic heterocycles. The van der Waals surface area contributed by atoms with Gasteiger partial charge in [0.25, 0.3) is 0 Å². The maximum Gasteiger partial charge on any atom is 0.316 e. The lowest BCUT2D eigenvalue weighted by Gasteiger charge is -2.06. The van der Waals surface area contributed by atoms with Gasteiger partial charge in [0.15, 0.2) is 0 Å². The molecule has 2 amide bonds. The first-order chi connectivity index (χ1) is 12.5. The summed E-state index contributed by atoms with van der Waals surface area (Å²) in [6.45, 7) is 0. The van der Waals surface area contributed by atoms with Gasteiger partial charge in [0.2, 0.25) is 0 Å². The molecule has 2 rings (SSSR count). The van der Waals surface area contributed by atoms with Crippen molar-refractivity contribution < 1.29 is 14.7 Å². The van der Waals surface area contributed by atoms with Crippen molar-refractivity contribution in [2.75, 3.05) is 5.32 Å². The molecule has 5 nitrogen and oxygen atoms in total. The number of amides is 2. The quantitative estimate of drug-likeness (QED) is 0.554. The summed E-state index contributed by atoms with van der Waals surface area (Å²) in [5, 5.41) is 11.2. The number of rotatable bonds is 10. The van der Waals surface area contributed by atoms with Crippen LogP contribution in [-0.4, -0.2) is 17.1 Å². The fourth-order valence-electron chi connectivity index (χ4n) is 2.87. The second kappa shape index (κ2) is 10.2. The fraction of sp³-hybridized carbons (Fsp3) is 0.333. The van der Waals surface area contributed by atoms with Crippen LogP contribution >= 0.6 is 0 Å². The number of hydrogen-bond donors (Lipinski definition) is 3. The number of anilines is 1. The summed E-state index contributed by atoms with van der Waals surface area (Å²) in [6.07, 6.45) is 6.04. The van der Waals surface area contributed by atoms with Crippen molar-refractivity contribution in [3.8, 4) is 0 Å². The molecule has 0 unspecified atom stereocenters. The Balaban J connectivity index is 1.74. The summed E-state index contributed by atoms with van der Waals surface area (Å²) in [5.74, 6) is -0.709. The predicted octanol–water partition coefficient (Wildman–Crippen LogP) is 4.35. The molecule has 0 heterocycles. The molecule has 5 heteroatoms. The van der Waals surface area contributed by atoms with Crippen LogP contribution in [-0.2, 0) is 17.6 Å². The number of carboxylic acids is 1. The molecule has 0 fully saturated rings. The topological polar surface area (TPSA) is 92.4 Å². The molecule has 0 radical (unpaired) electrons. The highest BCUT2D eigenvalue weighted by Gasteiger charge is 2.01. The Kier molecular flexibility index (Phi) is 7.68. The van der Waals surface area contributed by atoms with Crippen LogP contribution in [0.5, 0.6) is 0 Å². The van der Waals surface area contributed by atoms with E-state index in [-0.39, 0.29) is 6.42 Å². The Hall–Kier alpha value is -2.82. The van der Waals surface area contributed by atoms with Gasteiger partial charge in [-0.2, -0.15) is 0 Å². The van der Waals surface area contributed by atoms with E-state index in [2.05, 4.69) is 29.6 Å². The standard InChI is InChI=1S/C21H26N2O3/c22-21(26)23-19-13-11-18(12-14-19)15-17-9-7-16(8-10-17)5-3-1-2-4-6-20(24)25/h7-14H,1-6,15H2,(H,24,25)(H3,22,23,26). The van der Waals surface area contributed by atoms with E-state index in [0.29, 0.717) is 5.69 Å². The van der Waals surface area contributed by atoms with Gasteiger partial charge in [-0.15, -0.1) is 0 Å². The first-order valence-corrected chi connectivity index (χ1v) is 8.98. The number of carbonyl (C=O) groups is 2. The molecular weight excluding hydrogens is 328 g/mol. The van der Waals surface area contributed by atoms with E-state index in [1.165, 1.54) is 16.7 Å². The minimum atomic E-state index is -0.709. The Labute approximate surface area is 154 Å². The Morgan fingerprint density at radius 2 is 1.35 bits per heavy atom. The van der Waals surface area contributed by atoms with Crippen LogP contribution in [0.2, 0.25) is 0 Å². The van der Waals surface area contributed by atoms with E-state index in [0.717, 1.165) is 38.5 Å². The fourth-order valence-corrected chi connectivity index (χ4v) is 2.87. The molecule has 0 saturated heterocycles. The van der Waals surface area contributed by atoms with Crippen LogP contribution < -0.4 is 11.1 Å². The van der Waals surface area contributed by atoms with Crippen molar-refractivity contribution in [3.63, 3.8) is 0 Å². The first-order valence-electron chi connectivity index (χ1n) is 8.98. The monoisotopic (exact) mass is 354 g/mol. The summed E-state index contributed by atoms with van der Waals surface area (Å²) in [4.78, 5) is 21.3. The van der Waals surface area contributed by atoms with Crippen LogP contribution in [0.3, 0.4) is 0 Å². The van der Waals surface area contributed by atoms with Crippen LogP contribution in [0.25, 0.3) is 0 Å². The van der Waals surface area contributed by atoms with Crippen molar-refractivity contribution >= 4 is 17.7 Å². The Morgan fingerprint density at radius 3 is 1.92 bits per heavy atom. The highest BCUT2D eigenvalue weighted by Crippen LogP contribution is 2.15. The number of primary amides is 1. The second-order valence-corrected chi connectivity index (χ2v) is 6.49. The minimum Gasteiger partial charge on any atom is -0.481 e. The van der Waals surface area contributed by atoms with Gasteiger partial charge in [0, 0.05) is 12.1 Å². The van der Waals surface area contributed by atoms with E-state index < -0.39 is 12.0 Å². The van der Waals surface area contributed by atoms with Gasteiger partial charge in [-0.3, -0.25) is 4.79 Å². The van der Waals surface area contributed by atoms with E-state index in [4.69, 9.17) is 10.8 Å². The number of carbonyl (C=O) groups excluding carboxylic acids is 1. The molecule has 0 saturated carbocycles. The van der Waals surface area contributed by atoms with Crippen molar-refractivity contribution in [3.05, 3.63) is 65.2 Å². The normalized spacial score (nSPS) is 10.5. The largest absolute Gasteiger partial charge is 0.481 e. The van der Waals surface area contributed by atoms with Gasteiger partial charge in [0.1, 0.15) is 0 Å². The number of carboxylic acid groups (broad SMARTS) is 1. The number of nitrogens with one attached hydrogen (secondary N) is 1. The number of hydrogen-bond acceptors (Lipinski definition) is 2. The maximum absolute atomic E-state index is 10.8. The lowest BCUT2D eigenvalue weighted by atomic mass is 10.0. The van der Waals surface area contributed by atoms with Crippen LogP contribution in [0.15, 0.2) is 48.5 Å². The summed E-state index contributed by atoms with van der Waals surface area (Å²) in [6, 6.07) is 15.7. The van der Waals surface area contributed by atoms with Crippen molar-refractivity contribution in [2.45, 2.75) is 44.9 Å². The first kappa shape index (κ1) is 19.5. The zero-order valence-electron chi connectivity index (χ0n) is 14.9. The summed E-state index contributed by atoms with van der Waals surface area (Å²) in [5.41, 5.74) is 9.52. The molecule has 0 aliphatic carbocycles. The van der Waals surface area contributed by atoms with Crippen molar-refractivity contribution in [1.82, 2.24) is 0 Å². The van der Waals surface area contributed by atoms with E-state index in [1.54, 1.807) is 0 Å². The Morgan fingerprint density at radius 1 is 0.808 bits per heavy atom. The average Bonchev–Trinajstić information content (AvgIpc) is 2.60. The van der Waals surface area contributed by atoms with Gasteiger partial charge in [-0.25, -0.2) is 4.79 Å². The van der Waals surface area contributed by atoms with Gasteiger partial charge < -0.3 is 16.2 Å². The lowest BCUT2D eigenvalue weighted by molar-refractivity contribution is -0.137. The van der Waals surface area contributed by atoms with Gasteiger partial charge >= 0.3 is 12.0 Å². The van der Waals surface area contributed by atoms with Crippen LogP contribution in [0.4, 0.5) is 10.5 Å².